The van der Waals surface area contributed by atoms with Crippen molar-refractivity contribution in [3.05, 3.63) is 34.3 Å². The van der Waals surface area contributed by atoms with Crippen LogP contribution in [-0.2, 0) is 11.3 Å². The highest BCUT2D eigenvalue weighted by Crippen LogP contribution is 2.17. The second-order valence-electron chi connectivity index (χ2n) is 4.87. The number of rotatable bonds is 7. The lowest BCUT2D eigenvalue weighted by atomic mass is 10.1. The van der Waals surface area contributed by atoms with Gasteiger partial charge in [0.15, 0.2) is 11.4 Å². The molecule has 6 heteroatoms. The average Bonchev–Trinajstić information content (AvgIpc) is 2.74. The minimum atomic E-state index is -0.916. The standard InChI is InChI=1S/C15H17NO5/c1-2-8-16-11-7-6-10(9-13(11)21-15(16)20)12(17)4-3-5-14(18)19/h6-7,9H,2-5,8H2,1H3,(H,18,19). The number of carboxylic acids is 1. The Bertz CT molecular complexity index is 725. The number of nitrogens with zero attached hydrogens (tertiary/aromatic N) is 1. The van der Waals surface area contributed by atoms with E-state index in [2.05, 4.69) is 0 Å². The van der Waals surface area contributed by atoms with Crippen LogP contribution in [0.3, 0.4) is 0 Å². The summed E-state index contributed by atoms with van der Waals surface area (Å²) in [5.41, 5.74) is 1.49. The first-order chi connectivity index (χ1) is 10.0. The number of ketones is 1. The third kappa shape index (κ3) is 3.39. The Kier molecular flexibility index (Phi) is 4.57. The number of Topliss-reactive ketones (excluding diaryl/α,β-unsaturated/α-hetero) is 1. The van der Waals surface area contributed by atoms with Gasteiger partial charge in [-0.1, -0.05) is 6.92 Å². The number of aromatic nitrogens is 1. The van der Waals surface area contributed by atoms with Crippen molar-refractivity contribution in [1.29, 1.82) is 0 Å². The van der Waals surface area contributed by atoms with Gasteiger partial charge >= 0.3 is 11.7 Å². The topological polar surface area (TPSA) is 89.5 Å². The third-order valence-corrected chi connectivity index (χ3v) is 3.23. The van der Waals surface area contributed by atoms with Gasteiger partial charge in [0.2, 0.25) is 0 Å². The maximum atomic E-state index is 12.0. The van der Waals surface area contributed by atoms with Crippen LogP contribution in [0.1, 0.15) is 43.0 Å². The van der Waals surface area contributed by atoms with E-state index < -0.39 is 11.7 Å². The molecule has 2 rings (SSSR count). The molecule has 112 valence electrons. The molecule has 1 aromatic carbocycles. The fourth-order valence-corrected chi connectivity index (χ4v) is 2.22. The average molecular weight is 291 g/mol. The maximum Gasteiger partial charge on any atom is 0.419 e. The summed E-state index contributed by atoms with van der Waals surface area (Å²) in [6.07, 6.45) is 1.24. The largest absolute Gasteiger partial charge is 0.481 e. The van der Waals surface area contributed by atoms with Crippen molar-refractivity contribution in [3.8, 4) is 0 Å². The Morgan fingerprint density at radius 1 is 1.29 bits per heavy atom. The van der Waals surface area contributed by atoms with Crippen LogP contribution in [-0.4, -0.2) is 21.4 Å². The Labute approximate surface area is 121 Å². The molecule has 6 nitrogen and oxygen atoms in total. The van der Waals surface area contributed by atoms with Gasteiger partial charge in [-0.25, -0.2) is 4.79 Å². The number of fused-ring (bicyclic) bond motifs is 1. The highest BCUT2D eigenvalue weighted by atomic mass is 16.4. The number of oxazole rings is 1. The molecular weight excluding hydrogens is 274 g/mol. The number of hydrogen-bond donors (Lipinski definition) is 1. The quantitative estimate of drug-likeness (QED) is 0.791. The number of carbonyl (C=O) groups is 2. The van der Waals surface area contributed by atoms with Crippen molar-refractivity contribution in [2.45, 2.75) is 39.2 Å². The van der Waals surface area contributed by atoms with Crippen molar-refractivity contribution in [2.24, 2.45) is 0 Å². The van der Waals surface area contributed by atoms with E-state index in [4.69, 9.17) is 9.52 Å². The molecule has 0 fully saturated rings. The molecule has 1 heterocycles. The van der Waals surface area contributed by atoms with Gasteiger partial charge in [-0.2, -0.15) is 0 Å². The van der Waals surface area contributed by atoms with Crippen molar-refractivity contribution < 1.29 is 19.1 Å². The number of carboxylic acid groups (broad SMARTS) is 1. The molecule has 0 aliphatic heterocycles. The minimum Gasteiger partial charge on any atom is -0.481 e. The van der Waals surface area contributed by atoms with Crippen molar-refractivity contribution >= 4 is 22.9 Å². The molecule has 2 aromatic rings. The molecule has 0 atom stereocenters. The molecule has 0 spiro atoms. The first-order valence-corrected chi connectivity index (χ1v) is 6.91. The van der Waals surface area contributed by atoms with E-state index in [9.17, 15) is 14.4 Å². The summed E-state index contributed by atoms with van der Waals surface area (Å²) in [5, 5.41) is 8.56. The van der Waals surface area contributed by atoms with Gasteiger partial charge in [-0.15, -0.1) is 0 Å². The van der Waals surface area contributed by atoms with Gasteiger partial charge in [-0.3, -0.25) is 14.2 Å². The molecule has 0 bridgehead atoms. The first-order valence-electron chi connectivity index (χ1n) is 6.91. The molecule has 0 saturated heterocycles. The Morgan fingerprint density at radius 2 is 2.05 bits per heavy atom. The molecule has 0 unspecified atom stereocenters. The predicted octanol–water partition coefficient (Wildman–Crippen LogP) is 2.44. The lowest BCUT2D eigenvalue weighted by molar-refractivity contribution is -0.137. The van der Waals surface area contributed by atoms with E-state index in [1.807, 2.05) is 6.92 Å². The second kappa shape index (κ2) is 6.39. The number of carbonyl (C=O) groups excluding carboxylic acids is 1. The molecular formula is C15H17NO5. The molecule has 0 saturated carbocycles. The maximum absolute atomic E-state index is 12.0. The Balaban J connectivity index is 2.21. The fourth-order valence-electron chi connectivity index (χ4n) is 2.22. The van der Waals surface area contributed by atoms with Gasteiger partial charge < -0.3 is 9.52 Å². The van der Waals surface area contributed by atoms with Crippen molar-refractivity contribution in [1.82, 2.24) is 4.57 Å². The van der Waals surface area contributed by atoms with E-state index in [0.717, 1.165) is 6.42 Å². The van der Waals surface area contributed by atoms with E-state index in [1.54, 1.807) is 18.2 Å². The number of hydrogen-bond acceptors (Lipinski definition) is 4. The van der Waals surface area contributed by atoms with Crippen LogP contribution in [0.4, 0.5) is 0 Å². The van der Waals surface area contributed by atoms with Gasteiger partial charge in [0.25, 0.3) is 0 Å². The van der Waals surface area contributed by atoms with Gasteiger partial charge in [0.05, 0.1) is 5.52 Å². The van der Waals surface area contributed by atoms with E-state index >= 15 is 0 Å². The zero-order valence-corrected chi connectivity index (χ0v) is 11.8. The first kappa shape index (κ1) is 15.0. The number of benzene rings is 1. The summed E-state index contributed by atoms with van der Waals surface area (Å²) in [4.78, 5) is 34.1. The summed E-state index contributed by atoms with van der Waals surface area (Å²) >= 11 is 0. The number of aryl methyl sites for hydroxylation is 1. The van der Waals surface area contributed by atoms with Crippen LogP contribution in [0.2, 0.25) is 0 Å². The smallest absolute Gasteiger partial charge is 0.419 e. The number of aliphatic carboxylic acids is 1. The summed E-state index contributed by atoms with van der Waals surface area (Å²) in [6, 6.07) is 4.89. The molecule has 1 aromatic heterocycles. The zero-order valence-electron chi connectivity index (χ0n) is 11.8. The Hall–Kier alpha value is -2.37. The lowest BCUT2D eigenvalue weighted by Gasteiger charge is -2.01. The summed E-state index contributed by atoms with van der Waals surface area (Å²) in [6.45, 7) is 2.53. The molecule has 0 aliphatic carbocycles. The summed E-state index contributed by atoms with van der Waals surface area (Å²) < 4.78 is 6.68. The highest BCUT2D eigenvalue weighted by molar-refractivity contribution is 5.98. The van der Waals surface area contributed by atoms with Crippen molar-refractivity contribution in [3.63, 3.8) is 0 Å². The molecule has 1 N–H and O–H groups in total. The molecule has 0 amide bonds. The van der Waals surface area contributed by atoms with Crippen LogP contribution >= 0.6 is 0 Å². The SMILES string of the molecule is CCCn1c(=O)oc2cc(C(=O)CCCC(=O)O)ccc21. The van der Waals surface area contributed by atoms with E-state index in [0.29, 0.717) is 29.6 Å². The molecule has 21 heavy (non-hydrogen) atoms. The molecule has 0 radical (unpaired) electrons. The van der Waals surface area contributed by atoms with Crippen LogP contribution in [0.15, 0.2) is 27.4 Å². The summed E-state index contributed by atoms with van der Waals surface area (Å²) in [5.74, 6) is -1.49. The van der Waals surface area contributed by atoms with Crippen LogP contribution < -0.4 is 5.76 Å². The van der Waals surface area contributed by atoms with Crippen LogP contribution in [0, 0.1) is 0 Å². The lowest BCUT2D eigenvalue weighted by Crippen LogP contribution is -2.13. The fraction of sp³-hybridized carbons (Fsp3) is 0.400. The van der Waals surface area contributed by atoms with Crippen LogP contribution in [0.5, 0.6) is 0 Å². The normalized spacial score (nSPS) is 10.9. The molecule has 0 aliphatic rings. The zero-order chi connectivity index (χ0) is 15.4. The van der Waals surface area contributed by atoms with Gasteiger partial charge in [0, 0.05) is 24.9 Å². The third-order valence-electron chi connectivity index (χ3n) is 3.23. The monoisotopic (exact) mass is 291 g/mol. The summed E-state index contributed by atoms with van der Waals surface area (Å²) in [7, 11) is 0. The van der Waals surface area contributed by atoms with E-state index in [-0.39, 0.29) is 18.6 Å². The minimum absolute atomic E-state index is 0.0318. The Morgan fingerprint density at radius 3 is 2.71 bits per heavy atom. The highest BCUT2D eigenvalue weighted by Gasteiger charge is 2.12. The predicted molar refractivity (Wildman–Crippen MR) is 76.6 cm³/mol. The van der Waals surface area contributed by atoms with Crippen molar-refractivity contribution in [2.75, 3.05) is 0 Å². The van der Waals surface area contributed by atoms with Crippen LogP contribution in [0.25, 0.3) is 11.1 Å². The van der Waals surface area contributed by atoms with E-state index in [1.165, 1.54) is 4.57 Å². The second-order valence-corrected chi connectivity index (χ2v) is 4.87. The van der Waals surface area contributed by atoms with Gasteiger partial charge in [-0.05, 0) is 31.0 Å². The van der Waals surface area contributed by atoms with Gasteiger partial charge in [0.1, 0.15) is 0 Å².